The average Bonchev–Trinajstić information content (AvgIpc) is 2.84. The molecule has 1 aliphatic rings. The van der Waals surface area contributed by atoms with Gasteiger partial charge in [0, 0.05) is 29.0 Å². The number of benzene rings is 2. The molecule has 2 aromatic carbocycles. The summed E-state index contributed by atoms with van der Waals surface area (Å²) < 4.78 is 21.1. The molecule has 11 heteroatoms. The van der Waals surface area contributed by atoms with Gasteiger partial charge in [0.25, 0.3) is 0 Å². The number of likely N-dealkylation sites (tertiary alicyclic amines) is 1. The van der Waals surface area contributed by atoms with Crippen LogP contribution in [0.25, 0.3) is 10.9 Å². The van der Waals surface area contributed by atoms with Crippen molar-refractivity contribution >= 4 is 56.0 Å². The highest BCUT2D eigenvalue weighted by molar-refractivity contribution is 9.10. The summed E-state index contributed by atoms with van der Waals surface area (Å²) in [5.74, 6) is 0.176. The molecule has 9 nitrogen and oxygen atoms in total. The molecule has 0 aliphatic carbocycles. The number of fused-ring (bicyclic) bond motifs is 1. The zero-order valence-electron chi connectivity index (χ0n) is 18.8. The largest absolute Gasteiger partial charge is 0.491 e. The van der Waals surface area contributed by atoms with Gasteiger partial charge >= 0.3 is 6.03 Å². The number of piperidine rings is 1. The molecule has 1 aliphatic heterocycles. The van der Waals surface area contributed by atoms with E-state index < -0.39 is 17.8 Å². The van der Waals surface area contributed by atoms with E-state index in [1.807, 2.05) is 0 Å². The number of nitrogens with one attached hydrogen (secondary N) is 2. The normalized spacial score (nSPS) is 13.9. The fraction of sp³-hybridized carbons (Fsp3) is 0.250. The van der Waals surface area contributed by atoms with Crippen LogP contribution in [0.5, 0.6) is 5.75 Å². The first-order valence-corrected chi connectivity index (χ1v) is 11.7. The molecular formula is C24H24BrFN6O3. The van der Waals surface area contributed by atoms with Gasteiger partial charge < -0.3 is 26.0 Å². The summed E-state index contributed by atoms with van der Waals surface area (Å²) in [5, 5.41) is 6.31. The molecule has 4 N–H and O–H groups in total. The van der Waals surface area contributed by atoms with Crippen LogP contribution in [-0.4, -0.2) is 46.5 Å². The van der Waals surface area contributed by atoms with Crippen molar-refractivity contribution in [2.45, 2.75) is 12.8 Å². The van der Waals surface area contributed by atoms with Crippen molar-refractivity contribution in [1.29, 1.82) is 0 Å². The van der Waals surface area contributed by atoms with E-state index in [-0.39, 0.29) is 11.6 Å². The molecule has 1 fully saturated rings. The summed E-state index contributed by atoms with van der Waals surface area (Å²) >= 11 is 3.24. The number of carbonyl (C=O) groups excluding carboxylic acids is 2. The van der Waals surface area contributed by atoms with E-state index in [1.54, 1.807) is 29.2 Å². The Morgan fingerprint density at radius 2 is 2.00 bits per heavy atom. The number of anilines is 3. The Labute approximate surface area is 209 Å². The van der Waals surface area contributed by atoms with Crippen LogP contribution in [0.2, 0.25) is 0 Å². The first-order chi connectivity index (χ1) is 16.8. The van der Waals surface area contributed by atoms with Gasteiger partial charge in [-0.2, -0.15) is 0 Å². The maximum absolute atomic E-state index is 14.4. The van der Waals surface area contributed by atoms with Crippen molar-refractivity contribution in [2.75, 3.05) is 30.3 Å². The fourth-order valence-corrected chi connectivity index (χ4v) is 4.16. The molecule has 0 saturated carbocycles. The van der Waals surface area contributed by atoms with Crippen LogP contribution in [0.1, 0.15) is 12.8 Å². The van der Waals surface area contributed by atoms with Gasteiger partial charge in [-0.15, -0.1) is 0 Å². The molecule has 4 rings (SSSR count). The standard InChI is InChI=1S/C24H24BrFN6O3/c1-2-22(33)30-20-10-16-19(11-21(20)35-12-14-5-7-32(8-6-14)24(27)34)28-13-29-23(16)31-18-4-3-15(25)9-17(18)26/h2-4,9-11,13-14H,1,5-8,12H2,(H2,27,34)(H,30,33)(H,28,29,31). The quantitative estimate of drug-likeness (QED) is 0.376. The second kappa shape index (κ2) is 10.7. The number of hydrogen-bond acceptors (Lipinski definition) is 6. The van der Waals surface area contributed by atoms with Crippen LogP contribution in [0.3, 0.4) is 0 Å². The van der Waals surface area contributed by atoms with Crippen LogP contribution < -0.4 is 21.1 Å². The lowest BCUT2D eigenvalue weighted by molar-refractivity contribution is -0.111. The van der Waals surface area contributed by atoms with Gasteiger partial charge in [0.2, 0.25) is 5.91 Å². The number of aromatic nitrogens is 2. The lowest BCUT2D eigenvalue weighted by atomic mass is 9.98. The van der Waals surface area contributed by atoms with E-state index in [1.165, 1.54) is 12.4 Å². The number of hydrogen-bond donors (Lipinski definition) is 3. The van der Waals surface area contributed by atoms with E-state index in [9.17, 15) is 14.0 Å². The highest BCUT2D eigenvalue weighted by atomic mass is 79.9. The van der Waals surface area contributed by atoms with Crippen molar-refractivity contribution in [3.05, 3.63) is 59.6 Å². The summed E-state index contributed by atoms with van der Waals surface area (Å²) in [4.78, 5) is 33.6. The maximum Gasteiger partial charge on any atom is 0.314 e. The van der Waals surface area contributed by atoms with Gasteiger partial charge in [-0.3, -0.25) is 4.79 Å². The highest BCUT2D eigenvalue weighted by Crippen LogP contribution is 2.34. The SMILES string of the molecule is C=CC(=O)Nc1cc2c(Nc3ccc(Br)cc3F)ncnc2cc1OCC1CCN(C(N)=O)CC1. The van der Waals surface area contributed by atoms with Gasteiger partial charge in [0.05, 0.1) is 23.5 Å². The molecule has 1 aromatic heterocycles. The molecule has 3 aromatic rings. The molecule has 0 unspecified atom stereocenters. The third kappa shape index (κ3) is 5.86. The Bertz CT molecular complexity index is 1280. The summed E-state index contributed by atoms with van der Waals surface area (Å²) in [6, 6.07) is 7.62. The highest BCUT2D eigenvalue weighted by Gasteiger charge is 2.22. The summed E-state index contributed by atoms with van der Waals surface area (Å²) in [6.45, 7) is 5.06. The zero-order valence-corrected chi connectivity index (χ0v) is 20.3. The van der Waals surface area contributed by atoms with E-state index in [0.717, 1.165) is 18.9 Å². The van der Waals surface area contributed by atoms with Crippen LogP contribution in [0.4, 0.5) is 26.4 Å². The number of nitrogens with two attached hydrogens (primary N) is 1. The number of nitrogens with zero attached hydrogens (tertiary/aromatic N) is 3. The first-order valence-electron chi connectivity index (χ1n) is 11.0. The second-order valence-electron chi connectivity index (χ2n) is 8.11. The topological polar surface area (TPSA) is 122 Å². The Morgan fingerprint density at radius 3 is 2.69 bits per heavy atom. The van der Waals surface area contributed by atoms with Crippen LogP contribution in [0, 0.1) is 11.7 Å². The van der Waals surface area contributed by atoms with Crippen LogP contribution in [-0.2, 0) is 4.79 Å². The van der Waals surface area contributed by atoms with Crippen molar-refractivity contribution in [2.24, 2.45) is 11.7 Å². The molecule has 35 heavy (non-hydrogen) atoms. The second-order valence-corrected chi connectivity index (χ2v) is 9.03. The smallest absolute Gasteiger partial charge is 0.314 e. The number of carbonyl (C=O) groups is 2. The van der Waals surface area contributed by atoms with Crippen LogP contribution >= 0.6 is 15.9 Å². The minimum atomic E-state index is -0.450. The molecule has 0 spiro atoms. The Balaban J connectivity index is 1.61. The lowest BCUT2D eigenvalue weighted by Crippen LogP contribution is -2.42. The number of amides is 3. The molecule has 182 valence electrons. The summed E-state index contributed by atoms with van der Waals surface area (Å²) in [7, 11) is 0. The van der Waals surface area contributed by atoms with Crippen LogP contribution in [0.15, 0.2) is 53.8 Å². The lowest BCUT2D eigenvalue weighted by Gasteiger charge is -2.30. The predicted molar refractivity (Wildman–Crippen MR) is 135 cm³/mol. The van der Waals surface area contributed by atoms with Crippen molar-refractivity contribution < 1.29 is 18.7 Å². The van der Waals surface area contributed by atoms with Gasteiger partial charge in [0.15, 0.2) is 0 Å². The van der Waals surface area contributed by atoms with Crippen molar-refractivity contribution in [1.82, 2.24) is 14.9 Å². The molecule has 3 amide bonds. The summed E-state index contributed by atoms with van der Waals surface area (Å²) in [6.07, 6.45) is 4.05. The third-order valence-corrected chi connectivity index (χ3v) is 6.26. The van der Waals surface area contributed by atoms with E-state index >= 15 is 0 Å². The molecule has 2 heterocycles. The Morgan fingerprint density at radius 1 is 1.23 bits per heavy atom. The van der Waals surface area contributed by atoms with E-state index in [0.29, 0.717) is 52.3 Å². The summed E-state index contributed by atoms with van der Waals surface area (Å²) in [5.41, 5.74) is 6.56. The minimum absolute atomic E-state index is 0.229. The number of primary amides is 1. The minimum Gasteiger partial charge on any atom is -0.491 e. The maximum atomic E-state index is 14.4. The van der Waals surface area contributed by atoms with Gasteiger partial charge in [-0.1, -0.05) is 22.5 Å². The third-order valence-electron chi connectivity index (χ3n) is 5.76. The van der Waals surface area contributed by atoms with E-state index in [2.05, 4.69) is 43.1 Å². The molecule has 0 bridgehead atoms. The zero-order chi connectivity index (χ0) is 24.9. The number of halogens is 2. The van der Waals surface area contributed by atoms with Crippen molar-refractivity contribution in [3.63, 3.8) is 0 Å². The van der Waals surface area contributed by atoms with Gasteiger partial charge in [0.1, 0.15) is 23.7 Å². The van der Waals surface area contributed by atoms with Crippen molar-refractivity contribution in [3.8, 4) is 5.75 Å². The Kier molecular flexibility index (Phi) is 7.45. The molecule has 0 radical (unpaired) electrons. The number of urea groups is 1. The fourth-order valence-electron chi connectivity index (χ4n) is 3.83. The monoisotopic (exact) mass is 542 g/mol. The molecule has 1 saturated heterocycles. The van der Waals surface area contributed by atoms with E-state index in [4.69, 9.17) is 10.5 Å². The number of rotatable bonds is 7. The van der Waals surface area contributed by atoms with Gasteiger partial charge in [-0.25, -0.2) is 19.2 Å². The Hall–Kier alpha value is -3.73. The first kappa shape index (κ1) is 24.4. The molecule has 0 atom stereocenters. The predicted octanol–water partition coefficient (Wildman–Crippen LogP) is 4.57. The van der Waals surface area contributed by atoms with Gasteiger partial charge in [-0.05, 0) is 49.1 Å². The molecular weight excluding hydrogens is 519 g/mol. The number of ether oxygens (including phenoxy) is 1. The average molecular weight is 543 g/mol.